The van der Waals surface area contributed by atoms with E-state index in [2.05, 4.69) is 6.92 Å². The molecule has 0 bridgehead atoms. The van der Waals surface area contributed by atoms with Crippen molar-refractivity contribution in [3.05, 3.63) is 24.3 Å². The topological polar surface area (TPSA) is 43.9 Å². The van der Waals surface area contributed by atoms with Gasteiger partial charge >= 0.3 is 0 Å². The molecule has 1 aromatic rings. The van der Waals surface area contributed by atoms with Crippen LogP contribution in [0.1, 0.15) is 26.7 Å². The Bertz CT molecular complexity index is 497. The Morgan fingerprint density at radius 2 is 1.55 bits per heavy atom. The fourth-order valence-corrected chi connectivity index (χ4v) is 2.09. The molecule has 0 aliphatic carbocycles. The van der Waals surface area contributed by atoms with Crippen LogP contribution >= 0.6 is 0 Å². The predicted molar refractivity (Wildman–Crippen MR) is 91.3 cm³/mol. The van der Waals surface area contributed by atoms with Crippen molar-refractivity contribution < 1.29 is 9.59 Å². The van der Waals surface area contributed by atoms with Crippen LogP contribution in [0.15, 0.2) is 24.3 Å². The third-order valence-corrected chi connectivity index (χ3v) is 3.62. The normalized spacial score (nSPS) is 10.2. The quantitative estimate of drug-likeness (QED) is 0.777. The van der Waals surface area contributed by atoms with Crippen molar-refractivity contribution in [3.8, 4) is 0 Å². The zero-order chi connectivity index (χ0) is 16.7. The van der Waals surface area contributed by atoms with E-state index < -0.39 is 0 Å². The fourth-order valence-electron chi connectivity index (χ4n) is 2.09. The van der Waals surface area contributed by atoms with Gasteiger partial charge in [-0.05, 0) is 30.7 Å². The lowest BCUT2D eigenvalue weighted by Gasteiger charge is -2.25. The second kappa shape index (κ2) is 8.41. The molecule has 122 valence electrons. The van der Waals surface area contributed by atoms with Crippen molar-refractivity contribution in [2.24, 2.45) is 0 Å². The smallest absolute Gasteiger partial charge is 0.242 e. The SMILES string of the molecule is CCCCN(C)C(=O)CN(C(C)=O)c1ccc(N(C)C)cc1. The number of carbonyl (C=O) groups is 2. The molecule has 0 unspecified atom stereocenters. The van der Waals surface area contributed by atoms with E-state index in [4.69, 9.17) is 0 Å². The molecular weight excluding hydrogens is 278 g/mol. The summed E-state index contributed by atoms with van der Waals surface area (Å²) in [5.74, 6) is -0.171. The molecule has 1 aromatic carbocycles. The second-order valence-electron chi connectivity index (χ2n) is 5.68. The van der Waals surface area contributed by atoms with E-state index in [0.717, 1.165) is 30.8 Å². The average Bonchev–Trinajstić information content (AvgIpc) is 2.49. The number of unbranched alkanes of at least 4 members (excludes halogenated alkanes) is 1. The van der Waals surface area contributed by atoms with Gasteiger partial charge in [0, 0.05) is 46.0 Å². The van der Waals surface area contributed by atoms with E-state index in [9.17, 15) is 9.59 Å². The maximum atomic E-state index is 12.2. The number of nitrogens with zero attached hydrogens (tertiary/aromatic N) is 3. The van der Waals surface area contributed by atoms with E-state index >= 15 is 0 Å². The Balaban J connectivity index is 2.81. The first-order chi connectivity index (χ1) is 10.4. The first-order valence-corrected chi connectivity index (χ1v) is 7.66. The van der Waals surface area contributed by atoms with Gasteiger partial charge in [-0.3, -0.25) is 9.59 Å². The summed E-state index contributed by atoms with van der Waals surface area (Å²) < 4.78 is 0. The highest BCUT2D eigenvalue weighted by atomic mass is 16.2. The highest BCUT2D eigenvalue weighted by molar-refractivity contribution is 5.97. The van der Waals surface area contributed by atoms with Gasteiger partial charge in [0.25, 0.3) is 0 Å². The first-order valence-electron chi connectivity index (χ1n) is 7.66. The molecule has 0 atom stereocenters. The molecule has 0 aliphatic rings. The summed E-state index contributed by atoms with van der Waals surface area (Å²) in [5.41, 5.74) is 1.80. The molecule has 5 nitrogen and oxygen atoms in total. The largest absolute Gasteiger partial charge is 0.378 e. The minimum atomic E-state index is -0.130. The van der Waals surface area contributed by atoms with Crippen LogP contribution in [0.3, 0.4) is 0 Å². The summed E-state index contributed by atoms with van der Waals surface area (Å²) in [7, 11) is 5.71. The highest BCUT2D eigenvalue weighted by Crippen LogP contribution is 2.19. The number of hydrogen-bond donors (Lipinski definition) is 0. The van der Waals surface area contributed by atoms with Gasteiger partial charge in [-0.25, -0.2) is 0 Å². The molecule has 0 saturated heterocycles. The van der Waals surface area contributed by atoms with Crippen molar-refractivity contribution >= 4 is 23.2 Å². The number of carbonyl (C=O) groups excluding carboxylic acids is 2. The van der Waals surface area contributed by atoms with E-state index in [0.29, 0.717) is 0 Å². The van der Waals surface area contributed by atoms with Gasteiger partial charge in [0.1, 0.15) is 6.54 Å². The summed E-state index contributed by atoms with van der Waals surface area (Å²) in [6.07, 6.45) is 2.01. The molecule has 0 spiro atoms. The lowest BCUT2D eigenvalue weighted by molar-refractivity contribution is -0.130. The second-order valence-corrected chi connectivity index (χ2v) is 5.68. The third-order valence-electron chi connectivity index (χ3n) is 3.62. The maximum Gasteiger partial charge on any atom is 0.242 e. The molecule has 2 amide bonds. The molecule has 0 fully saturated rings. The molecule has 0 aliphatic heterocycles. The van der Waals surface area contributed by atoms with Crippen LogP contribution in [0.25, 0.3) is 0 Å². The van der Waals surface area contributed by atoms with Gasteiger partial charge in [0.15, 0.2) is 0 Å². The van der Waals surface area contributed by atoms with Crippen LogP contribution in [0.5, 0.6) is 0 Å². The van der Waals surface area contributed by atoms with Gasteiger partial charge in [-0.2, -0.15) is 0 Å². The molecule has 0 radical (unpaired) electrons. The number of amides is 2. The summed E-state index contributed by atoms with van der Waals surface area (Å²) in [6, 6.07) is 7.62. The number of likely N-dealkylation sites (N-methyl/N-ethyl adjacent to an activating group) is 1. The minimum absolute atomic E-state index is 0.0414. The zero-order valence-electron chi connectivity index (χ0n) is 14.3. The molecule has 0 heterocycles. The Morgan fingerprint density at radius 1 is 1.00 bits per heavy atom. The zero-order valence-corrected chi connectivity index (χ0v) is 14.3. The van der Waals surface area contributed by atoms with Crippen LogP contribution in [-0.4, -0.2) is 50.9 Å². The molecule has 22 heavy (non-hydrogen) atoms. The monoisotopic (exact) mass is 305 g/mol. The molecule has 0 aromatic heterocycles. The van der Waals surface area contributed by atoms with Crippen molar-refractivity contribution in [3.63, 3.8) is 0 Å². The lowest BCUT2D eigenvalue weighted by Crippen LogP contribution is -2.41. The summed E-state index contributed by atoms with van der Waals surface area (Å²) in [4.78, 5) is 29.3. The molecule has 5 heteroatoms. The van der Waals surface area contributed by atoms with Crippen LogP contribution in [0.2, 0.25) is 0 Å². The van der Waals surface area contributed by atoms with Gasteiger partial charge in [-0.15, -0.1) is 0 Å². The maximum absolute atomic E-state index is 12.2. The third kappa shape index (κ3) is 5.06. The molecule has 0 N–H and O–H groups in total. The lowest BCUT2D eigenvalue weighted by atomic mass is 10.2. The highest BCUT2D eigenvalue weighted by Gasteiger charge is 2.18. The standard InChI is InChI=1S/C17H27N3O2/c1-6-7-12-19(5)17(22)13-20(14(2)21)16-10-8-15(9-11-16)18(3)4/h8-11H,6-7,12-13H2,1-5H3. The minimum Gasteiger partial charge on any atom is -0.378 e. The Hall–Kier alpha value is -2.04. The number of hydrogen-bond acceptors (Lipinski definition) is 3. The van der Waals surface area contributed by atoms with Gasteiger partial charge in [0.2, 0.25) is 11.8 Å². The Kier molecular flexibility index (Phi) is 6.89. The van der Waals surface area contributed by atoms with Crippen molar-refractivity contribution in [2.75, 3.05) is 44.0 Å². The summed E-state index contributed by atoms with van der Waals surface area (Å²) in [6.45, 7) is 4.38. The fraction of sp³-hybridized carbons (Fsp3) is 0.529. The van der Waals surface area contributed by atoms with Crippen LogP contribution < -0.4 is 9.80 Å². The molecule has 0 saturated carbocycles. The van der Waals surface area contributed by atoms with Crippen molar-refractivity contribution in [1.29, 1.82) is 0 Å². The molecule has 1 rings (SSSR count). The average molecular weight is 305 g/mol. The Labute approximate surface area is 133 Å². The van der Waals surface area contributed by atoms with Crippen LogP contribution in [-0.2, 0) is 9.59 Å². The van der Waals surface area contributed by atoms with Crippen LogP contribution in [0.4, 0.5) is 11.4 Å². The number of benzene rings is 1. The number of rotatable bonds is 7. The van der Waals surface area contributed by atoms with Gasteiger partial charge in [0.05, 0.1) is 0 Å². The summed E-state index contributed by atoms with van der Waals surface area (Å²) >= 11 is 0. The van der Waals surface area contributed by atoms with E-state index in [1.54, 1.807) is 11.9 Å². The van der Waals surface area contributed by atoms with E-state index in [1.165, 1.54) is 11.8 Å². The number of anilines is 2. The summed E-state index contributed by atoms with van der Waals surface area (Å²) in [5, 5.41) is 0. The van der Waals surface area contributed by atoms with E-state index in [-0.39, 0.29) is 18.4 Å². The van der Waals surface area contributed by atoms with Crippen molar-refractivity contribution in [2.45, 2.75) is 26.7 Å². The van der Waals surface area contributed by atoms with Crippen molar-refractivity contribution in [1.82, 2.24) is 4.90 Å². The van der Waals surface area contributed by atoms with Gasteiger partial charge < -0.3 is 14.7 Å². The Morgan fingerprint density at radius 3 is 2.00 bits per heavy atom. The van der Waals surface area contributed by atoms with E-state index in [1.807, 2.05) is 43.3 Å². The molecular formula is C17H27N3O2. The van der Waals surface area contributed by atoms with Gasteiger partial charge in [-0.1, -0.05) is 13.3 Å². The predicted octanol–water partition coefficient (Wildman–Crippen LogP) is 2.36. The van der Waals surface area contributed by atoms with Crippen LogP contribution in [0, 0.1) is 0 Å². The first kappa shape index (κ1) is 18.0.